The summed E-state index contributed by atoms with van der Waals surface area (Å²) in [6.07, 6.45) is 0. The Morgan fingerprint density at radius 1 is 0.588 bits per heavy atom. The van der Waals surface area contributed by atoms with Crippen molar-refractivity contribution in [2.75, 3.05) is 36.0 Å². The lowest BCUT2D eigenvalue weighted by Gasteiger charge is -2.21. The molecule has 0 radical (unpaired) electrons. The van der Waals surface area contributed by atoms with Gasteiger partial charge in [0.15, 0.2) is 0 Å². The average Bonchev–Trinajstić information content (AvgIpc) is 2.80. The summed E-state index contributed by atoms with van der Waals surface area (Å²) >= 11 is 0. The summed E-state index contributed by atoms with van der Waals surface area (Å²) in [5, 5.41) is 2.00. The van der Waals surface area contributed by atoms with E-state index in [0.29, 0.717) is 11.2 Å². The van der Waals surface area contributed by atoms with Gasteiger partial charge in [0, 0.05) is 72.6 Å². The van der Waals surface area contributed by atoms with E-state index < -0.39 is 0 Å². The fraction of sp³-hybridized carbons (Fsp3) is 0.357. The van der Waals surface area contributed by atoms with Crippen molar-refractivity contribution < 1.29 is 8.83 Å². The van der Waals surface area contributed by atoms with Crippen LogP contribution in [0.25, 0.3) is 21.9 Å². The van der Waals surface area contributed by atoms with Crippen LogP contribution in [0.3, 0.4) is 0 Å². The molecule has 4 rings (SSSR count). The van der Waals surface area contributed by atoms with Gasteiger partial charge in [0.2, 0.25) is 0 Å². The van der Waals surface area contributed by atoms with Crippen molar-refractivity contribution in [3.8, 4) is 0 Å². The van der Waals surface area contributed by atoms with E-state index in [0.717, 1.165) is 59.5 Å². The molecule has 0 aliphatic carbocycles. The minimum absolute atomic E-state index is 0.285. The molecule has 0 bridgehead atoms. The van der Waals surface area contributed by atoms with Crippen LogP contribution in [0.15, 0.2) is 67.0 Å². The number of aryl methyl sites for hydroxylation is 2. The molecule has 6 heteroatoms. The largest absolute Gasteiger partial charge is 0.423 e. The van der Waals surface area contributed by atoms with Crippen LogP contribution in [0, 0.1) is 13.8 Å². The van der Waals surface area contributed by atoms with Crippen molar-refractivity contribution in [2.45, 2.75) is 41.5 Å². The zero-order valence-electron chi connectivity index (χ0n) is 21.0. The Morgan fingerprint density at radius 3 is 1.26 bits per heavy atom. The van der Waals surface area contributed by atoms with E-state index in [1.54, 1.807) is 0 Å². The number of rotatable bonds is 6. The van der Waals surface area contributed by atoms with Crippen LogP contribution in [0.4, 0.5) is 11.4 Å². The summed E-state index contributed by atoms with van der Waals surface area (Å²) < 4.78 is 10.5. The Morgan fingerprint density at radius 2 is 0.941 bits per heavy atom. The first-order valence-electron chi connectivity index (χ1n) is 11.9. The summed E-state index contributed by atoms with van der Waals surface area (Å²) in [5.41, 5.74) is 4.87. The summed E-state index contributed by atoms with van der Waals surface area (Å²) in [5.74, 6) is 0. The highest BCUT2D eigenvalue weighted by Gasteiger charge is 2.08. The Kier molecular flexibility index (Phi) is 8.16. The minimum atomic E-state index is -0.285. The molecule has 0 amide bonds. The van der Waals surface area contributed by atoms with E-state index in [1.807, 2.05) is 38.1 Å². The summed E-state index contributed by atoms with van der Waals surface area (Å²) in [6, 6.07) is 15.1. The normalized spacial score (nSPS) is 10.8. The lowest BCUT2D eigenvalue weighted by molar-refractivity contribution is 0.559. The van der Waals surface area contributed by atoms with Gasteiger partial charge in [-0.15, -0.1) is 0 Å². The van der Waals surface area contributed by atoms with E-state index in [1.165, 1.54) is 12.1 Å². The molecule has 2 aromatic heterocycles. The van der Waals surface area contributed by atoms with Crippen molar-refractivity contribution in [3.63, 3.8) is 0 Å². The Hall–Kier alpha value is -3.54. The molecular weight excluding hydrogens is 428 g/mol. The first-order chi connectivity index (χ1) is 16.3. The van der Waals surface area contributed by atoms with Crippen molar-refractivity contribution in [2.24, 2.45) is 0 Å². The molecule has 6 nitrogen and oxygen atoms in total. The average molecular weight is 463 g/mol. The third-order valence-electron chi connectivity index (χ3n) is 6.13. The van der Waals surface area contributed by atoms with Crippen LogP contribution in [0.2, 0.25) is 0 Å². The molecule has 0 spiro atoms. The minimum Gasteiger partial charge on any atom is -0.423 e. The number of fused-ring (bicyclic) bond motifs is 2. The SMILES string of the molecule is CCN(CC)c1ccc2c(C)cc(=O)oc2c1.CCN(CC)c1ccc2c(C)cc(=O)oc2c1. The second kappa shape index (κ2) is 11.1. The molecule has 0 unspecified atom stereocenters. The lowest BCUT2D eigenvalue weighted by Crippen LogP contribution is -2.21. The van der Waals surface area contributed by atoms with Gasteiger partial charge in [-0.3, -0.25) is 0 Å². The molecular formula is C28H34N2O4. The maximum atomic E-state index is 11.3. The van der Waals surface area contributed by atoms with Gasteiger partial charge in [-0.25, -0.2) is 9.59 Å². The van der Waals surface area contributed by atoms with Gasteiger partial charge in [-0.1, -0.05) is 0 Å². The Balaban J connectivity index is 0.000000191. The van der Waals surface area contributed by atoms with Gasteiger partial charge in [0.25, 0.3) is 0 Å². The Labute approximate surface area is 200 Å². The topological polar surface area (TPSA) is 66.9 Å². The van der Waals surface area contributed by atoms with Crippen molar-refractivity contribution in [1.82, 2.24) is 0 Å². The van der Waals surface area contributed by atoms with Crippen molar-refractivity contribution in [1.29, 1.82) is 0 Å². The smallest absolute Gasteiger partial charge is 0.336 e. The van der Waals surface area contributed by atoms with E-state index in [-0.39, 0.29) is 11.3 Å². The van der Waals surface area contributed by atoms with Gasteiger partial charge in [-0.2, -0.15) is 0 Å². The first kappa shape index (κ1) is 25.1. The number of hydrogen-bond acceptors (Lipinski definition) is 6. The quantitative estimate of drug-likeness (QED) is 0.333. The predicted octanol–water partition coefficient (Wildman–Crippen LogP) is 5.90. The van der Waals surface area contributed by atoms with Crippen LogP contribution in [0.1, 0.15) is 38.8 Å². The lowest BCUT2D eigenvalue weighted by atomic mass is 10.1. The number of anilines is 2. The van der Waals surface area contributed by atoms with Crippen LogP contribution >= 0.6 is 0 Å². The number of hydrogen-bond donors (Lipinski definition) is 0. The highest BCUT2D eigenvalue weighted by atomic mass is 16.4. The monoisotopic (exact) mass is 462 g/mol. The predicted molar refractivity (Wildman–Crippen MR) is 142 cm³/mol. The molecule has 2 heterocycles. The van der Waals surface area contributed by atoms with E-state index >= 15 is 0 Å². The second-order valence-electron chi connectivity index (χ2n) is 8.20. The van der Waals surface area contributed by atoms with Gasteiger partial charge in [0.1, 0.15) is 11.2 Å². The zero-order chi connectivity index (χ0) is 24.8. The van der Waals surface area contributed by atoms with E-state index in [4.69, 9.17) is 8.83 Å². The van der Waals surface area contributed by atoms with Gasteiger partial charge in [0.05, 0.1) is 0 Å². The maximum absolute atomic E-state index is 11.3. The second-order valence-corrected chi connectivity index (χ2v) is 8.20. The zero-order valence-corrected chi connectivity index (χ0v) is 21.0. The molecule has 0 fully saturated rings. The third-order valence-corrected chi connectivity index (χ3v) is 6.13. The molecule has 34 heavy (non-hydrogen) atoms. The van der Waals surface area contributed by atoms with Crippen LogP contribution in [0.5, 0.6) is 0 Å². The van der Waals surface area contributed by atoms with Crippen molar-refractivity contribution in [3.05, 3.63) is 80.5 Å². The van der Waals surface area contributed by atoms with E-state index in [9.17, 15) is 9.59 Å². The molecule has 0 aliphatic heterocycles. The Bertz CT molecular complexity index is 1270. The van der Waals surface area contributed by atoms with Crippen LogP contribution in [-0.2, 0) is 0 Å². The molecule has 0 atom stereocenters. The standard InChI is InChI=1S/2C14H17NO2/c2*1-4-15(5-2)11-6-7-12-10(3)8-14(16)17-13(12)9-11/h2*6-9H,4-5H2,1-3H3. The molecule has 0 aliphatic rings. The third kappa shape index (κ3) is 5.50. The first-order valence-corrected chi connectivity index (χ1v) is 11.9. The van der Waals surface area contributed by atoms with Gasteiger partial charge < -0.3 is 18.6 Å². The molecule has 0 saturated heterocycles. The highest BCUT2D eigenvalue weighted by molar-refractivity contribution is 5.84. The maximum Gasteiger partial charge on any atom is 0.336 e. The summed E-state index contributed by atoms with van der Waals surface area (Å²) in [4.78, 5) is 27.1. The molecule has 180 valence electrons. The number of nitrogens with zero attached hydrogens (tertiary/aromatic N) is 2. The molecule has 0 saturated carbocycles. The van der Waals surface area contributed by atoms with Crippen LogP contribution < -0.4 is 21.1 Å². The summed E-state index contributed by atoms with van der Waals surface area (Å²) in [7, 11) is 0. The highest BCUT2D eigenvalue weighted by Crippen LogP contribution is 2.24. The molecule has 4 aromatic rings. The molecule has 0 N–H and O–H groups in total. The fourth-order valence-electron chi connectivity index (χ4n) is 4.20. The van der Waals surface area contributed by atoms with Crippen LogP contribution in [-0.4, -0.2) is 26.2 Å². The van der Waals surface area contributed by atoms with Gasteiger partial charge in [-0.05, 0) is 76.9 Å². The van der Waals surface area contributed by atoms with Gasteiger partial charge >= 0.3 is 11.3 Å². The summed E-state index contributed by atoms with van der Waals surface area (Å²) in [6.45, 7) is 16.1. The van der Waals surface area contributed by atoms with Crippen molar-refractivity contribution >= 4 is 33.3 Å². The van der Waals surface area contributed by atoms with E-state index in [2.05, 4.69) is 49.6 Å². The fourth-order valence-corrected chi connectivity index (χ4v) is 4.20. The number of benzene rings is 2. The molecule has 2 aromatic carbocycles.